The Balaban J connectivity index is 1.35. The molecule has 0 unspecified atom stereocenters. The quantitative estimate of drug-likeness (QED) is 0.546. The number of aromatic nitrogens is 1. The van der Waals surface area contributed by atoms with Crippen molar-refractivity contribution in [2.45, 2.75) is 13.5 Å². The van der Waals surface area contributed by atoms with Crippen molar-refractivity contribution in [2.24, 2.45) is 4.99 Å². The number of para-hydroxylation sites is 2. The summed E-state index contributed by atoms with van der Waals surface area (Å²) in [4.78, 5) is 18.8. The van der Waals surface area contributed by atoms with Gasteiger partial charge in [0, 0.05) is 65.1 Å². The third kappa shape index (κ3) is 5.43. The molecule has 1 aromatic carbocycles. The Kier molecular flexibility index (Phi) is 7.32. The van der Waals surface area contributed by atoms with E-state index in [4.69, 9.17) is 4.99 Å². The Labute approximate surface area is 191 Å². The number of guanidine groups is 1. The maximum Gasteiger partial charge on any atom is 0.194 e. The molecule has 32 heavy (non-hydrogen) atoms. The van der Waals surface area contributed by atoms with Gasteiger partial charge in [0.1, 0.15) is 11.6 Å². The zero-order chi connectivity index (χ0) is 22.3. The number of rotatable bonds is 5. The van der Waals surface area contributed by atoms with Gasteiger partial charge >= 0.3 is 0 Å². The molecule has 2 aromatic rings. The van der Waals surface area contributed by atoms with Crippen molar-refractivity contribution < 1.29 is 5.11 Å². The Morgan fingerprint density at radius 1 is 0.969 bits per heavy atom. The third-order valence-corrected chi connectivity index (χ3v) is 6.18. The van der Waals surface area contributed by atoms with Crippen LogP contribution in [0.3, 0.4) is 0 Å². The van der Waals surface area contributed by atoms with Gasteiger partial charge in [0.25, 0.3) is 0 Å². The summed E-state index contributed by atoms with van der Waals surface area (Å²) in [6, 6.07) is 11.8. The molecule has 0 aliphatic carbocycles. The number of nitrogens with one attached hydrogen (secondary N) is 1. The highest BCUT2D eigenvalue weighted by Gasteiger charge is 2.21. The van der Waals surface area contributed by atoms with Crippen molar-refractivity contribution in [2.75, 3.05) is 75.8 Å². The molecule has 0 atom stereocenters. The van der Waals surface area contributed by atoms with E-state index >= 15 is 0 Å². The molecule has 0 radical (unpaired) electrons. The third-order valence-electron chi connectivity index (χ3n) is 6.18. The van der Waals surface area contributed by atoms with Crippen molar-refractivity contribution in [3.8, 4) is 5.75 Å². The normalized spacial score (nSPS) is 18.2. The van der Waals surface area contributed by atoms with Crippen molar-refractivity contribution in [1.29, 1.82) is 0 Å². The van der Waals surface area contributed by atoms with Crippen LogP contribution in [0.25, 0.3) is 0 Å². The van der Waals surface area contributed by atoms with Crippen LogP contribution < -0.4 is 15.1 Å². The number of hydrogen-bond acceptors (Lipinski definition) is 6. The summed E-state index contributed by atoms with van der Waals surface area (Å²) in [5, 5.41) is 13.6. The standard InChI is InChI=1S/C24H35N7O/c1-3-25-24(31-16-14-29(15-17-31)21-6-4-5-7-22(21)32)27-19-20-8-9-23(26-18-20)30-12-10-28(2)11-13-30/h4-9,18,32H,3,10-17,19H2,1-2H3,(H,25,27). The van der Waals surface area contributed by atoms with E-state index in [1.165, 1.54) is 0 Å². The number of hydrogen-bond donors (Lipinski definition) is 2. The first-order chi connectivity index (χ1) is 15.6. The molecular formula is C24H35N7O. The van der Waals surface area contributed by atoms with Crippen LogP contribution in [-0.4, -0.2) is 91.8 Å². The van der Waals surface area contributed by atoms with Gasteiger partial charge in [-0.3, -0.25) is 0 Å². The fraction of sp³-hybridized carbons (Fsp3) is 0.500. The lowest BCUT2D eigenvalue weighted by atomic mass is 10.2. The fourth-order valence-electron chi connectivity index (χ4n) is 4.22. The van der Waals surface area contributed by atoms with Crippen LogP contribution in [0.15, 0.2) is 47.6 Å². The maximum atomic E-state index is 10.1. The number of likely N-dealkylation sites (N-methyl/N-ethyl adjacent to an activating group) is 1. The van der Waals surface area contributed by atoms with Gasteiger partial charge < -0.3 is 30.0 Å². The summed E-state index contributed by atoms with van der Waals surface area (Å²) < 4.78 is 0. The molecule has 8 nitrogen and oxygen atoms in total. The first kappa shape index (κ1) is 22.2. The molecule has 0 bridgehead atoms. The first-order valence-corrected chi connectivity index (χ1v) is 11.6. The molecule has 2 saturated heterocycles. The van der Waals surface area contributed by atoms with Gasteiger partial charge in [0.2, 0.25) is 0 Å². The average Bonchev–Trinajstić information content (AvgIpc) is 2.83. The van der Waals surface area contributed by atoms with Crippen LogP contribution in [-0.2, 0) is 6.54 Å². The molecule has 2 fully saturated rings. The van der Waals surface area contributed by atoms with Gasteiger partial charge in [-0.05, 0) is 37.7 Å². The van der Waals surface area contributed by atoms with Crippen LogP contribution >= 0.6 is 0 Å². The topological polar surface area (TPSA) is 70.5 Å². The number of anilines is 2. The molecule has 1 aromatic heterocycles. The van der Waals surface area contributed by atoms with Gasteiger partial charge in [0.15, 0.2) is 5.96 Å². The number of benzene rings is 1. The summed E-state index contributed by atoms with van der Waals surface area (Å²) in [7, 11) is 2.17. The van der Waals surface area contributed by atoms with E-state index in [2.05, 4.69) is 56.0 Å². The molecule has 2 aliphatic heterocycles. The second-order valence-corrected chi connectivity index (χ2v) is 8.45. The van der Waals surface area contributed by atoms with E-state index in [-0.39, 0.29) is 0 Å². The van der Waals surface area contributed by atoms with E-state index in [1.807, 2.05) is 24.4 Å². The van der Waals surface area contributed by atoms with Gasteiger partial charge in [0.05, 0.1) is 12.2 Å². The average molecular weight is 438 g/mol. The van der Waals surface area contributed by atoms with Gasteiger partial charge in [-0.25, -0.2) is 9.98 Å². The van der Waals surface area contributed by atoms with Crippen molar-refractivity contribution in [3.63, 3.8) is 0 Å². The Morgan fingerprint density at radius 2 is 1.69 bits per heavy atom. The summed E-state index contributed by atoms with van der Waals surface area (Å²) in [6.07, 6.45) is 1.96. The SMILES string of the molecule is CCNC(=NCc1ccc(N2CCN(C)CC2)nc1)N1CCN(c2ccccc2O)CC1. The number of piperazine rings is 2. The van der Waals surface area contributed by atoms with Gasteiger partial charge in [-0.2, -0.15) is 0 Å². The Bertz CT molecular complexity index is 885. The molecule has 0 spiro atoms. The molecule has 8 heteroatoms. The number of nitrogens with zero attached hydrogens (tertiary/aromatic N) is 6. The van der Waals surface area contributed by atoms with Crippen LogP contribution in [0.4, 0.5) is 11.5 Å². The highest BCUT2D eigenvalue weighted by molar-refractivity contribution is 5.80. The second kappa shape index (κ2) is 10.5. The molecule has 4 rings (SSSR count). The van der Waals surface area contributed by atoms with E-state index in [0.717, 1.165) is 81.9 Å². The van der Waals surface area contributed by atoms with Crippen molar-refractivity contribution >= 4 is 17.5 Å². The van der Waals surface area contributed by atoms with Crippen LogP contribution in [0, 0.1) is 0 Å². The lowest BCUT2D eigenvalue weighted by molar-refractivity contribution is 0.312. The van der Waals surface area contributed by atoms with Crippen LogP contribution in [0.2, 0.25) is 0 Å². The second-order valence-electron chi connectivity index (χ2n) is 8.45. The number of aromatic hydroxyl groups is 1. The largest absolute Gasteiger partial charge is 0.506 e. The molecule has 0 saturated carbocycles. The smallest absolute Gasteiger partial charge is 0.194 e. The Morgan fingerprint density at radius 3 is 2.34 bits per heavy atom. The molecule has 3 heterocycles. The molecule has 2 N–H and O–H groups in total. The minimum Gasteiger partial charge on any atom is -0.506 e. The minimum atomic E-state index is 0.342. The lowest BCUT2D eigenvalue weighted by Crippen LogP contribution is -2.52. The summed E-state index contributed by atoms with van der Waals surface area (Å²) >= 11 is 0. The van der Waals surface area contributed by atoms with E-state index in [1.54, 1.807) is 6.07 Å². The van der Waals surface area contributed by atoms with Crippen LogP contribution in [0.1, 0.15) is 12.5 Å². The van der Waals surface area contributed by atoms with Crippen molar-refractivity contribution in [1.82, 2.24) is 20.1 Å². The summed E-state index contributed by atoms with van der Waals surface area (Å²) in [5.41, 5.74) is 2.02. The van der Waals surface area contributed by atoms with E-state index in [9.17, 15) is 5.11 Å². The van der Waals surface area contributed by atoms with Gasteiger partial charge in [-0.15, -0.1) is 0 Å². The first-order valence-electron chi connectivity index (χ1n) is 11.6. The highest BCUT2D eigenvalue weighted by atomic mass is 16.3. The van der Waals surface area contributed by atoms with E-state index < -0.39 is 0 Å². The van der Waals surface area contributed by atoms with E-state index in [0.29, 0.717) is 12.3 Å². The van der Waals surface area contributed by atoms with Gasteiger partial charge in [-0.1, -0.05) is 18.2 Å². The molecule has 0 amide bonds. The van der Waals surface area contributed by atoms with Crippen molar-refractivity contribution in [3.05, 3.63) is 48.2 Å². The zero-order valence-electron chi connectivity index (χ0n) is 19.2. The zero-order valence-corrected chi connectivity index (χ0v) is 19.2. The predicted molar refractivity (Wildman–Crippen MR) is 131 cm³/mol. The Hall–Kier alpha value is -3.00. The number of pyridine rings is 1. The molecular weight excluding hydrogens is 402 g/mol. The highest BCUT2D eigenvalue weighted by Crippen LogP contribution is 2.27. The predicted octanol–water partition coefficient (Wildman–Crippen LogP) is 1.83. The number of phenolic OH excluding ortho intramolecular Hbond substituents is 1. The fourth-order valence-corrected chi connectivity index (χ4v) is 4.22. The molecule has 172 valence electrons. The maximum absolute atomic E-state index is 10.1. The summed E-state index contributed by atoms with van der Waals surface area (Å²) in [6.45, 7) is 11.2. The number of phenols is 1. The monoisotopic (exact) mass is 437 g/mol. The molecule has 2 aliphatic rings. The van der Waals surface area contributed by atoms with Crippen LogP contribution in [0.5, 0.6) is 5.75 Å². The number of aliphatic imine (C=N–C) groups is 1. The lowest BCUT2D eigenvalue weighted by Gasteiger charge is -2.37. The summed E-state index contributed by atoms with van der Waals surface area (Å²) in [5.74, 6) is 2.33. The minimum absolute atomic E-state index is 0.342.